The summed E-state index contributed by atoms with van der Waals surface area (Å²) in [7, 11) is 0. The van der Waals surface area contributed by atoms with Gasteiger partial charge in [0.25, 0.3) is 0 Å². The first-order valence-electron chi connectivity index (χ1n) is 6.12. The third-order valence-electron chi connectivity index (χ3n) is 3.64. The Morgan fingerprint density at radius 3 is 2.94 bits per heavy atom. The van der Waals surface area contributed by atoms with Crippen molar-refractivity contribution >= 4 is 32.4 Å². The van der Waals surface area contributed by atoms with E-state index in [0.717, 1.165) is 11.0 Å². The van der Waals surface area contributed by atoms with Crippen LogP contribution in [0.15, 0.2) is 34.8 Å². The Morgan fingerprint density at radius 2 is 2.17 bits per heavy atom. The average molecular weight is 300 g/mol. The summed E-state index contributed by atoms with van der Waals surface area (Å²) in [6.45, 7) is 3.98. The molecule has 0 amide bonds. The van der Waals surface area contributed by atoms with Crippen molar-refractivity contribution in [2.75, 3.05) is 18.0 Å². The van der Waals surface area contributed by atoms with E-state index in [2.05, 4.69) is 64.0 Å². The van der Waals surface area contributed by atoms with E-state index in [4.69, 9.17) is 6.42 Å². The number of hydrogen-bond donors (Lipinski definition) is 0. The molecule has 1 unspecified atom stereocenters. The number of benzene rings is 2. The van der Waals surface area contributed by atoms with Crippen LogP contribution in [0.25, 0.3) is 10.8 Å². The van der Waals surface area contributed by atoms with Crippen molar-refractivity contribution in [3.8, 4) is 12.3 Å². The third-order valence-corrected chi connectivity index (χ3v) is 4.33. The molecule has 0 saturated heterocycles. The van der Waals surface area contributed by atoms with E-state index in [1.807, 2.05) is 0 Å². The van der Waals surface area contributed by atoms with E-state index in [1.54, 1.807) is 0 Å². The molecule has 0 bridgehead atoms. The van der Waals surface area contributed by atoms with Gasteiger partial charge in [-0.2, -0.15) is 0 Å². The molecular formula is C16H14BrN. The highest BCUT2D eigenvalue weighted by molar-refractivity contribution is 9.10. The van der Waals surface area contributed by atoms with Crippen LogP contribution in [-0.2, 0) is 0 Å². The standard InChI is InChI=1S/C16H14BrN/c1-3-9-18-10-11(2)16-13-5-4-6-14(17)12(13)7-8-15(16)18/h1,4-8,11H,9-10H2,2H3. The molecule has 0 spiro atoms. The van der Waals surface area contributed by atoms with Crippen LogP contribution >= 0.6 is 15.9 Å². The summed E-state index contributed by atoms with van der Waals surface area (Å²) < 4.78 is 1.16. The quantitative estimate of drug-likeness (QED) is 0.715. The number of anilines is 1. The Bertz CT molecular complexity index is 654. The summed E-state index contributed by atoms with van der Waals surface area (Å²) in [5, 5.41) is 2.62. The summed E-state index contributed by atoms with van der Waals surface area (Å²) in [6, 6.07) is 10.8. The minimum Gasteiger partial charge on any atom is -0.360 e. The fraction of sp³-hybridized carbons (Fsp3) is 0.250. The van der Waals surface area contributed by atoms with E-state index in [1.165, 1.54) is 22.0 Å². The van der Waals surface area contributed by atoms with E-state index >= 15 is 0 Å². The molecule has 0 fully saturated rings. The second-order valence-corrected chi connectivity index (χ2v) is 5.67. The molecule has 1 aliphatic rings. The molecule has 2 aromatic carbocycles. The number of fused-ring (bicyclic) bond motifs is 3. The SMILES string of the molecule is C#CCN1CC(C)c2c1ccc1c(Br)cccc21. The van der Waals surface area contributed by atoms with Crippen LogP contribution in [0.2, 0.25) is 0 Å². The zero-order valence-electron chi connectivity index (χ0n) is 10.3. The Hall–Kier alpha value is -1.46. The maximum absolute atomic E-state index is 5.45. The van der Waals surface area contributed by atoms with Crippen molar-refractivity contribution in [2.45, 2.75) is 12.8 Å². The van der Waals surface area contributed by atoms with Crippen molar-refractivity contribution in [1.29, 1.82) is 0 Å². The second-order valence-electron chi connectivity index (χ2n) is 4.82. The Morgan fingerprint density at radius 1 is 1.33 bits per heavy atom. The first-order chi connectivity index (χ1) is 8.72. The number of hydrogen-bond acceptors (Lipinski definition) is 1. The van der Waals surface area contributed by atoms with E-state index in [9.17, 15) is 0 Å². The average Bonchev–Trinajstić information content (AvgIpc) is 2.68. The zero-order valence-corrected chi connectivity index (χ0v) is 11.9. The van der Waals surface area contributed by atoms with Crippen molar-refractivity contribution in [3.63, 3.8) is 0 Å². The lowest BCUT2D eigenvalue weighted by Gasteiger charge is -2.16. The van der Waals surface area contributed by atoms with Gasteiger partial charge in [0.15, 0.2) is 0 Å². The minimum absolute atomic E-state index is 0.534. The van der Waals surface area contributed by atoms with Gasteiger partial charge in [-0.15, -0.1) is 6.42 Å². The van der Waals surface area contributed by atoms with Crippen LogP contribution in [0.1, 0.15) is 18.4 Å². The lowest BCUT2D eigenvalue weighted by atomic mass is 9.96. The predicted octanol–water partition coefficient (Wildman–Crippen LogP) is 4.16. The molecular weight excluding hydrogens is 286 g/mol. The van der Waals surface area contributed by atoms with Crippen LogP contribution in [0.3, 0.4) is 0 Å². The van der Waals surface area contributed by atoms with Gasteiger partial charge in [0.2, 0.25) is 0 Å². The summed E-state index contributed by atoms with van der Waals surface area (Å²) in [6.07, 6.45) is 5.45. The molecule has 0 aliphatic carbocycles. The molecule has 90 valence electrons. The van der Waals surface area contributed by atoms with Crippen LogP contribution in [0.5, 0.6) is 0 Å². The molecule has 3 rings (SSSR count). The van der Waals surface area contributed by atoms with E-state index in [0.29, 0.717) is 12.5 Å². The van der Waals surface area contributed by atoms with Crippen molar-refractivity contribution in [1.82, 2.24) is 0 Å². The van der Waals surface area contributed by atoms with Crippen LogP contribution in [-0.4, -0.2) is 13.1 Å². The molecule has 0 aromatic heterocycles. The lowest BCUT2D eigenvalue weighted by Crippen LogP contribution is -2.21. The molecule has 1 nitrogen and oxygen atoms in total. The lowest BCUT2D eigenvalue weighted by molar-refractivity contribution is 0.784. The smallest absolute Gasteiger partial charge is 0.0792 e. The van der Waals surface area contributed by atoms with Crippen molar-refractivity contribution < 1.29 is 0 Å². The normalized spacial score (nSPS) is 17.8. The van der Waals surface area contributed by atoms with Gasteiger partial charge in [-0.1, -0.05) is 47.0 Å². The van der Waals surface area contributed by atoms with Gasteiger partial charge in [-0.05, 0) is 28.5 Å². The first kappa shape index (κ1) is 11.6. The number of rotatable bonds is 1. The highest BCUT2D eigenvalue weighted by atomic mass is 79.9. The van der Waals surface area contributed by atoms with Gasteiger partial charge in [0.1, 0.15) is 0 Å². The van der Waals surface area contributed by atoms with Crippen LogP contribution in [0, 0.1) is 12.3 Å². The van der Waals surface area contributed by atoms with Crippen LogP contribution in [0.4, 0.5) is 5.69 Å². The largest absolute Gasteiger partial charge is 0.360 e. The monoisotopic (exact) mass is 299 g/mol. The van der Waals surface area contributed by atoms with Crippen LogP contribution < -0.4 is 4.90 Å². The number of halogens is 1. The minimum atomic E-state index is 0.534. The zero-order chi connectivity index (χ0) is 12.7. The van der Waals surface area contributed by atoms with Crippen molar-refractivity contribution in [2.24, 2.45) is 0 Å². The molecule has 1 atom stereocenters. The molecule has 1 aliphatic heterocycles. The molecule has 2 heteroatoms. The predicted molar refractivity (Wildman–Crippen MR) is 81.1 cm³/mol. The molecule has 0 radical (unpaired) electrons. The first-order valence-corrected chi connectivity index (χ1v) is 6.91. The highest BCUT2D eigenvalue weighted by Crippen LogP contribution is 2.42. The summed E-state index contributed by atoms with van der Waals surface area (Å²) in [5.74, 6) is 3.28. The third kappa shape index (κ3) is 1.62. The molecule has 0 N–H and O–H groups in total. The summed E-state index contributed by atoms with van der Waals surface area (Å²) >= 11 is 3.63. The fourth-order valence-electron chi connectivity index (χ4n) is 2.91. The number of nitrogens with zero attached hydrogens (tertiary/aromatic N) is 1. The summed E-state index contributed by atoms with van der Waals surface area (Å²) in [4.78, 5) is 2.29. The maximum atomic E-state index is 5.45. The second kappa shape index (κ2) is 4.33. The molecule has 18 heavy (non-hydrogen) atoms. The van der Waals surface area contributed by atoms with Gasteiger partial charge in [-0.25, -0.2) is 0 Å². The van der Waals surface area contributed by atoms with Gasteiger partial charge >= 0.3 is 0 Å². The molecule has 2 aromatic rings. The van der Waals surface area contributed by atoms with Gasteiger partial charge in [0, 0.05) is 22.6 Å². The Labute approximate surface area is 116 Å². The van der Waals surface area contributed by atoms with Crippen molar-refractivity contribution in [3.05, 3.63) is 40.4 Å². The summed E-state index contributed by atoms with van der Waals surface area (Å²) in [5.41, 5.74) is 2.73. The van der Waals surface area contributed by atoms with Gasteiger partial charge in [-0.3, -0.25) is 0 Å². The maximum Gasteiger partial charge on any atom is 0.0792 e. The van der Waals surface area contributed by atoms with Gasteiger partial charge in [0.05, 0.1) is 6.54 Å². The Kier molecular flexibility index (Phi) is 2.80. The molecule has 1 heterocycles. The van der Waals surface area contributed by atoms with E-state index < -0.39 is 0 Å². The fourth-order valence-corrected chi connectivity index (χ4v) is 3.40. The van der Waals surface area contributed by atoms with E-state index in [-0.39, 0.29) is 0 Å². The Balaban J connectivity index is 2.27. The topological polar surface area (TPSA) is 3.24 Å². The van der Waals surface area contributed by atoms with Gasteiger partial charge < -0.3 is 4.90 Å². The highest BCUT2D eigenvalue weighted by Gasteiger charge is 2.26. The number of terminal acetylenes is 1. The molecule has 0 saturated carbocycles.